The van der Waals surface area contributed by atoms with Crippen molar-refractivity contribution in [2.75, 3.05) is 6.61 Å². The predicted molar refractivity (Wildman–Crippen MR) is 28.4 cm³/mol. The Morgan fingerprint density at radius 3 is 2.44 bits per heavy atom. The van der Waals surface area contributed by atoms with Gasteiger partial charge in [-0.3, -0.25) is 0 Å². The first kappa shape index (κ1) is 8.35. The van der Waals surface area contributed by atoms with E-state index in [0.29, 0.717) is 5.48 Å². The molecule has 0 saturated heterocycles. The minimum Gasteiger partial charge on any atom is -0.635 e. The van der Waals surface area contributed by atoms with E-state index in [1.165, 1.54) is 0 Å². The number of aliphatic hydroxyl groups is 1. The molecule has 0 aliphatic heterocycles. The fourth-order valence-corrected chi connectivity index (χ4v) is 0.389. The van der Waals surface area contributed by atoms with Gasteiger partial charge in [-0.05, 0) is 0 Å². The maximum Gasteiger partial charge on any atom is 0.362 e. The molecular formula is C4H9NO4. The summed E-state index contributed by atoms with van der Waals surface area (Å²) in [4.78, 5) is 9.98. The molecule has 0 aliphatic carbocycles. The lowest BCUT2D eigenvalue weighted by atomic mass is 10.2. The molecule has 4 N–H and O–H groups in total. The van der Waals surface area contributed by atoms with Gasteiger partial charge in [-0.2, -0.15) is 0 Å². The highest BCUT2D eigenvalue weighted by molar-refractivity contribution is 5.71. The normalized spacial score (nSPS) is 13.1. The molecular weight excluding hydrogens is 126 g/mol. The summed E-state index contributed by atoms with van der Waals surface area (Å²) in [6.45, 7) is -0.268. The molecule has 54 valence electrons. The molecule has 0 heterocycles. The number of carboxylic acids is 1. The van der Waals surface area contributed by atoms with Gasteiger partial charge in [-0.1, -0.05) is 0 Å². The molecule has 0 aliphatic rings. The van der Waals surface area contributed by atoms with Gasteiger partial charge >= 0.3 is 5.97 Å². The van der Waals surface area contributed by atoms with Crippen LogP contribution in [0.1, 0.15) is 6.42 Å². The minimum absolute atomic E-state index is 0.00116. The summed E-state index contributed by atoms with van der Waals surface area (Å²) >= 11 is 0. The highest BCUT2D eigenvalue weighted by Gasteiger charge is 2.15. The maximum atomic E-state index is 9.98. The van der Waals surface area contributed by atoms with Crippen molar-refractivity contribution in [2.45, 2.75) is 12.5 Å². The van der Waals surface area contributed by atoms with Crippen molar-refractivity contribution in [3.05, 3.63) is 5.21 Å². The van der Waals surface area contributed by atoms with Crippen LogP contribution in [0, 0.1) is 5.21 Å². The van der Waals surface area contributed by atoms with Gasteiger partial charge in [0.05, 0.1) is 0 Å². The molecule has 0 bridgehead atoms. The average molecular weight is 135 g/mol. The van der Waals surface area contributed by atoms with Crippen LogP contribution in [0.5, 0.6) is 0 Å². The number of hydrogen-bond acceptors (Lipinski definition) is 3. The van der Waals surface area contributed by atoms with Gasteiger partial charge in [0.25, 0.3) is 0 Å². The number of aliphatic carboxylic acids is 1. The fraction of sp³-hybridized carbons (Fsp3) is 0.750. The smallest absolute Gasteiger partial charge is 0.362 e. The summed E-state index contributed by atoms with van der Waals surface area (Å²) in [7, 11) is 0. The van der Waals surface area contributed by atoms with E-state index in [0.717, 1.165) is 0 Å². The maximum absolute atomic E-state index is 9.98. The van der Waals surface area contributed by atoms with Crippen LogP contribution in [0.15, 0.2) is 0 Å². The lowest BCUT2D eigenvalue weighted by molar-refractivity contribution is -0.616. The monoisotopic (exact) mass is 135 g/mol. The molecule has 5 heteroatoms. The SMILES string of the molecule is O=C(O)[C@H](CCO)[NH2+][O-]. The van der Waals surface area contributed by atoms with E-state index in [4.69, 9.17) is 10.2 Å². The molecule has 0 spiro atoms. The van der Waals surface area contributed by atoms with Gasteiger partial charge in [-0.25, -0.2) is 4.79 Å². The van der Waals surface area contributed by atoms with E-state index in [1.54, 1.807) is 0 Å². The van der Waals surface area contributed by atoms with Crippen LogP contribution >= 0.6 is 0 Å². The molecule has 1 atom stereocenters. The van der Waals surface area contributed by atoms with Crippen molar-refractivity contribution in [1.82, 2.24) is 0 Å². The Bertz CT molecular complexity index is 94.6. The van der Waals surface area contributed by atoms with E-state index < -0.39 is 12.0 Å². The molecule has 0 amide bonds. The summed E-state index contributed by atoms with van der Waals surface area (Å²) in [5.74, 6) is -1.18. The minimum atomic E-state index is -1.18. The van der Waals surface area contributed by atoms with Crippen molar-refractivity contribution in [2.24, 2.45) is 0 Å². The molecule has 5 nitrogen and oxygen atoms in total. The number of aliphatic hydroxyl groups excluding tert-OH is 1. The van der Waals surface area contributed by atoms with E-state index in [-0.39, 0.29) is 13.0 Å². The molecule has 0 fully saturated rings. The van der Waals surface area contributed by atoms with E-state index >= 15 is 0 Å². The van der Waals surface area contributed by atoms with Gasteiger partial charge in [0.1, 0.15) is 0 Å². The van der Waals surface area contributed by atoms with Crippen LogP contribution < -0.4 is 5.48 Å². The number of rotatable bonds is 4. The zero-order chi connectivity index (χ0) is 7.28. The number of hydrogen-bond donors (Lipinski definition) is 3. The lowest BCUT2D eigenvalue weighted by Crippen LogP contribution is -2.86. The van der Waals surface area contributed by atoms with Crippen molar-refractivity contribution in [1.29, 1.82) is 0 Å². The Morgan fingerprint density at radius 1 is 1.78 bits per heavy atom. The van der Waals surface area contributed by atoms with Gasteiger partial charge in [0.15, 0.2) is 6.04 Å². The number of carbonyl (C=O) groups is 1. The number of nitrogens with two attached hydrogens (primary N) is 1. The second kappa shape index (κ2) is 4.25. The molecule has 0 aromatic carbocycles. The average Bonchev–Trinajstić information content (AvgIpc) is 1.82. The van der Waals surface area contributed by atoms with E-state index in [1.807, 2.05) is 0 Å². The molecule has 0 unspecified atom stereocenters. The Hall–Kier alpha value is -0.650. The molecule has 0 aromatic rings. The largest absolute Gasteiger partial charge is 0.635 e. The van der Waals surface area contributed by atoms with Crippen molar-refractivity contribution in [3.8, 4) is 0 Å². The second-order valence-electron chi connectivity index (χ2n) is 1.59. The van der Waals surface area contributed by atoms with E-state index in [2.05, 4.69) is 0 Å². The number of quaternary nitrogens is 1. The highest BCUT2D eigenvalue weighted by atomic mass is 16.5. The Labute approximate surface area is 51.9 Å². The number of hydroxylamine groups is 1. The van der Waals surface area contributed by atoms with Crippen LogP contribution in [0.3, 0.4) is 0 Å². The lowest BCUT2D eigenvalue weighted by Gasteiger charge is -2.09. The van der Waals surface area contributed by atoms with Crippen LogP contribution in [0.4, 0.5) is 0 Å². The highest BCUT2D eigenvalue weighted by Crippen LogP contribution is 1.82. The molecule has 0 aromatic heterocycles. The van der Waals surface area contributed by atoms with Crippen molar-refractivity contribution in [3.63, 3.8) is 0 Å². The topological polar surface area (TPSA) is 97.2 Å². The molecule has 0 radical (unpaired) electrons. The third kappa shape index (κ3) is 3.02. The van der Waals surface area contributed by atoms with Crippen molar-refractivity contribution < 1.29 is 20.5 Å². The van der Waals surface area contributed by atoms with Crippen LogP contribution in [0.25, 0.3) is 0 Å². The molecule has 9 heavy (non-hydrogen) atoms. The predicted octanol–water partition coefficient (Wildman–Crippen LogP) is -2.12. The van der Waals surface area contributed by atoms with Gasteiger partial charge in [0.2, 0.25) is 0 Å². The zero-order valence-corrected chi connectivity index (χ0v) is 4.78. The molecule has 0 rings (SSSR count). The van der Waals surface area contributed by atoms with Crippen LogP contribution in [-0.2, 0) is 4.79 Å². The number of carboxylic acid groups (broad SMARTS) is 1. The summed E-state index contributed by atoms with van der Waals surface area (Å²) in [5.41, 5.74) is 0.318. The Kier molecular flexibility index (Phi) is 3.94. The van der Waals surface area contributed by atoms with Gasteiger partial charge < -0.3 is 20.9 Å². The first-order valence-electron chi connectivity index (χ1n) is 2.51. The Morgan fingerprint density at radius 2 is 2.33 bits per heavy atom. The van der Waals surface area contributed by atoms with Crippen molar-refractivity contribution >= 4 is 5.97 Å². The quantitative estimate of drug-likeness (QED) is 0.384. The zero-order valence-electron chi connectivity index (χ0n) is 4.78. The van der Waals surface area contributed by atoms with E-state index in [9.17, 15) is 10.0 Å². The summed E-state index contributed by atoms with van der Waals surface area (Å²) in [6.07, 6.45) is -0.00116. The summed E-state index contributed by atoms with van der Waals surface area (Å²) in [5, 5.41) is 26.2. The molecule has 0 saturated carbocycles. The third-order valence-electron chi connectivity index (χ3n) is 0.922. The summed E-state index contributed by atoms with van der Waals surface area (Å²) in [6, 6.07) is -1.05. The van der Waals surface area contributed by atoms with Crippen LogP contribution in [0.2, 0.25) is 0 Å². The summed E-state index contributed by atoms with van der Waals surface area (Å²) < 4.78 is 0. The standard InChI is InChI=1S/C4H9NO4/c6-2-1-3(5-9)4(7)8/h3,6H,1-2,5H2,(H,7,8)/t3-/m0/s1. The van der Waals surface area contributed by atoms with Crippen LogP contribution in [-0.4, -0.2) is 28.8 Å². The third-order valence-corrected chi connectivity index (χ3v) is 0.922. The first-order valence-corrected chi connectivity index (χ1v) is 2.51. The Balaban J connectivity index is 3.54. The van der Waals surface area contributed by atoms with Gasteiger partial charge in [0, 0.05) is 13.0 Å². The second-order valence-corrected chi connectivity index (χ2v) is 1.59. The van der Waals surface area contributed by atoms with Gasteiger partial charge in [-0.15, -0.1) is 0 Å². The first-order chi connectivity index (χ1) is 4.22. The fourth-order valence-electron chi connectivity index (χ4n) is 0.389.